The van der Waals surface area contributed by atoms with Crippen LogP contribution in [0.4, 0.5) is 0 Å². The molecule has 3 aliphatic heterocycles. The molecule has 0 radical (unpaired) electrons. The van der Waals surface area contributed by atoms with Crippen LogP contribution in [-0.2, 0) is 47.5 Å². The highest BCUT2D eigenvalue weighted by molar-refractivity contribution is 5.74. The first-order valence-electron chi connectivity index (χ1n) is 14.3. The molecule has 3 heterocycles. The van der Waals surface area contributed by atoms with Gasteiger partial charge in [-0.05, 0) is 0 Å². The van der Waals surface area contributed by atoms with E-state index in [1.165, 1.54) is 35.0 Å². The van der Waals surface area contributed by atoms with E-state index < -0.39 is 129 Å². The average molecular weight is 656 g/mol. The van der Waals surface area contributed by atoms with E-state index in [2.05, 4.69) is 16.0 Å². The van der Waals surface area contributed by atoms with Crippen LogP contribution in [0.5, 0.6) is 0 Å². The summed E-state index contributed by atoms with van der Waals surface area (Å²) in [6.45, 7) is 1.36. The second-order valence-corrected chi connectivity index (χ2v) is 11.1. The average Bonchev–Trinajstić information content (AvgIpc) is 2.97. The van der Waals surface area contributed by atoms with Crippen LogP contribution in [0, 0.1) is 0 Å². The zero-order chi connectivity index (χ0) is 33.6. The molecule has 14 unspecified atom stereocenters. The van der Waals surface area contributed by atoms with Crippen LogP contribution in [0.2, 0.25) is 0 Å². The highest BCUT2D eigenvalue weighted by Crippen LogP contribution is 2.37. The maximum Gasteiger partial charge on any atom is 0.217 e. The van der Waals surface area contributed by atoms with Crippen LogP contribution in [0.15, 0.2) is 0 Å². The Kier molecular flexibility index (Phi) is 13.4. The smallest absolute Gasteiger partial charge is 0.217 e. The number of hydrogen-bond acceptors (Lipinski definition) is 16. The van der Waals surface area contributed by atoms with Gasteiger partial charge in [-0.2, -0.15) is 0 Å². The minimum Gasteiger partial charge on any atom is -0.394 e. The molecule has 0 spiro atoms. The second kappa shape index (κ2) is 16.1. The van der Waals surface area contributed by atoms with Crippen LogP contribution in [0.3, 0.4) is 0 Å². The number of ether oxygens (including phenoxy) is 7. The van der Waals surface area contributed by atoms with Crippen molar-refractivity contribution >= 4 is 17.7 Å². The van der Waals surface area contributed by atoms with E-state index >= 15 is 0 Å². The van der Waals surface area contributed by atoms with Crippen LogP contribution in [0.1, 0.15) is 27.2 Å². The zero-order valence-corrected chi connectivity index (χ0v) is 25.6. The fourth-order valence-electron chi connectivity index (χ4n) is 5.75. The van der Waals surface area contributed by atoms with Gasteiger partial charge in [-0.3, -0.25) is 14.4 Å². The largest absolute Gasteiger partial charge is 0.394 e. The lowest BCUT2D eigenvalue weighted by Gasteiger charge is -2.51. The van der Waals surface area contributed by atoms with Crippen molar-refractivity contribution in [2.45, 2.75) is 113 Å². The SMILES string of the molecule is COC1OC(CO)C(OC2OC(CO)C(O)(OC3OC(CO)C(OC)C(O)C3NC(C)=O)CC2NC(C)=O)C(O)C1NC(C)=O. The van der Waals surface area contributed by atoms with Crippen molar-refractivity contribution in [3.8, 4) is 0 Å². The highest BCUT2D eigenvalue weighted by Gasteiger charge is 2.56. The predicted molar refractivity (Wildman–Crippen MR) is 145 cm³/mol. The van der Waals surface area contributed by atoms with Gasteiger partial charge in [0.05, 0.1) is 25.9 Å². The molecule has 0 aromatic rings. The van der Waals surface area contributed by atoms with E-state index in [1.807, 2.05) is 0 Å². The van der Waals surface area contributed by atoms with Crippen molar-refractivity contribution in [2.24, 2.45) is 0 Å². The van der Waals surface area contributed by atoms with Crippen LogP contribution in [0.25, 0.3) is 0 Å². The Morgan fingerprint density at radius 1 is 0.733 bits per heavy atom. The fraction of sp³-hybridized carbons (Fsp3) is 0.885. The maximum absolute atomic E-state index is 12.2. The number of aliphatic hydroxyl groups is 6. The summed E-state index contributed by atoms with van der Waals surface area (Å²) in [5, 5.41) is 71.4. The second-order valence-electron chi connectivity index (χ2n) is 11.1. The van der Waals surface area contributed by atoms with Gasteiger partial charge in [-0.1, -0.05) is 0 Å². The molecule has 9 N–H and O–H groups in total. The number of rotatable bonds is 12. The van der Waals surface area contributed by atoms with Crippen LogP contribution in [-0.4, -0.2) is 168 Å². The van der Waals surface area contributed by atoms with E-state index in [0.29, 0.717) is 0 Å². The predicted octanol–water partition coefficient (Wildman–Crippen LogP) is -5.48. The Morgan fingerprint density at radius 2 is 1.24 bits per heavy atom. The number of hydrogen-bond donors (Lipinski definition) is 9. The van der Waals surface area contributed by atoms with Gasteiger partial charge in [0.15, 0.2) is 24.7 Å². The Morgan fingerprint density at radius 3 is 1.73 bits per heavy atom. The molecule has 0 aliphatic carbocycles. The summed E-state index contributed by atoms with van der Waals surface area (Å²) >= 11 is 0. The summed E-state index contributed by atoms with van der Waals surface area (Å²) in [5.74, 6) is -4.18. The molecule has 0 aromatic carbocycles. The monoisotopic (exact) mass is 655 g/mol. The molecule has 3 saturated heterocycles. The molecule has 3 fully saturated rings. The summed E-state index contributed by atoms with van der Waals surface area (Å²) in [6.07, 6.45) is -14.3. The number of aliphatic hydroxyl groups excluding tert-OH is 5. The molecular weight excluding hydrogens is 610 g/mol. The van der Waals surface area contributed by atoms with Gasteiger partial charge < -0.3 is 79.7 Å². The molecule has 0 bridgehead atoms. The first-order valence-corrected chi connectivity index (χ1v) is 14.3. The summed E-state index contributed by atoms with van der Waals surface area (Å²) < 4.78 is 39.6. The number of methoxy groups -OCH3 is 2. The third-order valence-corrected chi connectivity index (χ3v) is 7.76. The zero-order valence-electron chi connectivity index (χ0n) is 25.6. The molecule has 3 rings (SSSR count). The number of carbonyl (C=O) groups is 3. The molecule has 3 amide bonds. The fourth-order valence-corrected chi connectivity index (χ4v) is 5.75. The summed E-state index contributed by atoms with van der Waals surface area (Å²) in [6, 6.07) is -3.71. The lowest BCUT2D eigenvalue weighted by Crippen LogP contribution is -2.70. The van der Waals surface area contributed by atoms with Crippen molar-refractivity contribution in [1.82, 2.24) is 16.0 Å². The van der Waals surface area contributed by atoms with E-state index in [9.17, 15) is 45.0 Å². The molecule has 3 aliphatic rings. The van der Waals surface area contributed by atoms with E-state index in [4.69, 9.17) is 33.2 Å². The van der Waals surface area contributed by atoms with Crippen molar-refractivity contribution in [2.75, 3.05) is 34.0 Å². The van der Waals surface area contributed by atoms with Crippen molar-refractivity contribution in [1.29, 1.82) is 0 Å². The normalized spacial score (nSPS) is 42.1. The Bertz CT molecular complexity index is 1010. The minimum absolute atomic E-state index is 0.522. The van der Waals surface area contributed by atoms with E-state index in [0.717, 1.165) is 0 Å². The van der Waals surface area contributed by atoms with Gasteiger partial charge in [0.1, 0.15) is 54.8 Å². The van der Waals surface area contributed by atoms with Gasteiger partial charge in [0.2, 0.25) is 17.7 Å². The van der Waals surface area contributed by atoms with Gasteiger partial charge in [0, 0.05) is 41.4 Å². The third-order valence-electron chi connectivity index (χ3n) is 7.76. The van der Waals surface area contributed by atoms with Gasteiger partial charge in [-0.15, -0.1) is 0 Å². The molecule has 19 heteroatoms. The molecule has 14 atom stereocenters. The Labute approximate surface area is 259 Å². The first-order chi connectivity index (χ1) is 21.2. The van der Waals surface area contributed by atoms with Gasteiger partial charge in [-0.25, -0.2) is 0 Å². The lowest BCUT2D eigenvalue weighted by molar-refractivity contribution is -0.406. The van der Waals surface area contributed by atoms with Crippen molar-refractivity contribution < 1.29 is 78.2 Å². The quantitative estimate of drug-likeness (QED) is 0.0887. The third kappa shape index (κ3) is 8.63. The summed E-state index contributed by atoms with van der Waals surface area (Å²) in [7, 11) is 2.53. The lowest BCUT2D eigenvalue weighted by atomic mass is 9.93. The Hall–Kier alpha value is -2.11. The maximum atomic E-state index is 12.2. The molecule has 260 valence electrons. The number of carbonyl (C=O) groups excluding carboxylic acids is 3. The van der Waals surface area contributed by atoms with Crippen LogP contribution >= 0.6 is 0 Å². The van der Waals surface area contributed by atoms with E-state index in [1.54, 1.807) is 0 Å². The number of amides is 3. The van der Waals surface area contributed by atoms with Gasteiger partial charge in [0.25, 0.3) is 0 Å². The number of nitrogens with one attached hydrogen (secondary N) is 3. The van der Waals surface area contributed by atoms with Crippen LogP contribution < -0.4 is 16.0 Å². The standard InChI is InChI=1S/C26H45N3O16/c1-10(33)27-13-6-26(38,45-25-18(29-12(3)35)19(36)21(39-4)14(7-30)42-25)16(9-32)43-23(13)44-22-15(8-31)41-24(40-5)17(20(22)37)28-11(2)34/h13-25,30-32,36-38H,6-9H2,1-5H3,(H,27,33)(H,28,34)(H,29,35). The molecular formula is C26H45N3O16. The summed E-state index contributed by atoms with van der Waals surface area (Å²) in [4.78, 5) is 35.9. The summed E-state index contributed by atoms with van der Waals surface area (Å²) in [5.41, 5.74) is 0. The molecule has 0 aromatic heterocycles. The first kappa shape index (κ1) is 37.3. The molecule has 45 heavy (non-hydrogen) atoms. The molecule has 0 saturated carbocycles. The Balaban J connectivity index is 1.91. The topological polar surface area (TPSA) is 273 Å². The van der Waals surface area contributed by atoms with E-state index in [-0.39, 0.29) is 0 Å². The van der Waals surface area contributed by atoms with Crippen molar-refractivity contribution in [3.05, 3.63) is 0 Å². The van der Waals surface area contributed by atoms with Gasteiger partial charge >= 0.3 is 0 Å². The van der Waals surface area contributed by atoms with Crippen molar-refractivity contribution in [3.63, 3.8) is 0 Å². The highest BCUT2D eigenvalue weighted by atomic mass is 16.8. The minimum atomic E-state index is -2.47. The molecule has 19 nitrogen and oxygen atoms in total.